The summed E-state index contributed by atoms with van der Waals surface area (Å²) in [6.07, 6.45) is 5.29. The van der Waals surface area contributed by atoms with Crippen LogP contribution in [0.1, 0.15) is 28.8 Å². The minimum absolute atomic E-state index is 0.0733. The van der Waals surface area contributed by atoms with E-state index in [2.05, 4.69) is 14.9 Å². The lowest BCUT2D eigenvalue weighted by atomic mass is 9.89. The van der Waals surface area contributed by atoms with Crippen LogP contribution in [0.25, 0.3) is 0 Å². The summed E-state index contributed by atoms with van der Waals surface area (Å²) in [5.74, 6) is 0.843. The second-order valence-corrected chi connectivity index (χ2v) is 6.67. The highest BCUT2D eigenvalue weighted by Crippen LogP contribution is 2.29. The quantitative estimate of drug-likeness (QED) is 0.826. The predicted octanol–water partition coefficient (Wildman–Crippen LogP) is 2.82. The monoisotopic (exact) mass is 360 g/mol. The molecule has 0 aliphatic carbocycles. The molecule has 1 fully saturated rings. The fourth-order valence-corrected chi connectivity index (χ4v) is 3.38. The number of hydrogen-bond acceptors (Lipinski definition) is 6. The van der Waals surface area contributed by atoms with E-state index >= 15 is 0 Å². The molecule has 1 aliphatic heterocycles. The first-order valence-corrected chi connectivity index (χ1v) is 8.61. The first kappa shape index (κ1) is 17.6. The van der Waals surface area contributed by atoms with E-state index in [0.717, 1.165) is 24.9 Å². The number of nitrogen functional groups attached to an aromatic ring is 1. The average Bonchev–Trinajstić information content (AvgIpc) is 2.63. The maximum Gasteiger partial charge on any atom is 0.219 e. The molecule has 1 aliphatic rings. The number of hydrogen-bond donors (Lipinski definition) is 1. The van der Waals surface area contributed by atoms with Crippen molar-refractivity contribution >= 4 is 23.3 Å². The van der Waals surface area contributed by atoms with Crippen LogP contribution in [-0.2, 0) is 6.54 Å². The Bertz CT molecular complexity index is 751. The number of methoxy groups -OCH3 is 1. The lowest BCUT2D eigenvalue weighted by Gasteiger charge is -2.32. The number of ether oxygens (including phenoxy) is 1. The van der Waals surface area contributed by atoms with Gasteiger partial charge in [0.15, 0.2) is 5.78 Å². The molecule has 0 spiro atoms. The summed E-state index contributed by atoms with van der Waals surface area (Å²) >= 11 is 6.06. The summed E-state index contributed by atoms with van der Waals surface area (Å²) in [7, 11) is 1.56. The van der Waals surface area contributed by atoms with E-state index in [4.69, 9.17) is 22.1 Å². The molecule has 6 nitrogen and oxygen atoms in total. The molecule has 132 valence electrons. The summed E-state index contributed by atoms with van der Waals surface area (Å²) < 4.78 is 5.32. The Balaban J connectivity index is 1.71. The Morgan fingerprint density at radius 1 is 1.40 bits per heavy atom. The van der Waals surface area contributed by atoms with Gasteiger partial charge in [-0.2, -0.15) is 0 Å². The van der Waals surface area contributed by atoms with Crippen LogP contribution in [0.5, 0.6) is 5.75 Å². The zero-order valence-electron chi connectivity index (χ0n) is 14.1. The van der Waals surface area contributed by atoms with Gasteiger partial charge in [-0.3, -0.25) is 9.69 Å². The van der Waals surface area contributed by atoms with Gasteiger partial charge in [0.2, 0.25) is 5.95 Å². The van der Waals surface area contributed by atoms with Gasteiger partial charge in [0.05, 0.1) is 12.7 Å². The fourth-order valence-electron chi connectivity index (χ4n) is 3.21. The molecule has 3 rings (SSSR count). The number of benzene rings is 1. The molecule has 0 radical (unpaired) electrons. The van der Waals surface area contributed by atoms with Crippen molar-refractivity contribution in [3.63, 3.8) is 0 Å². The largest absolute Gasteiger partial charge is 0.496 e. The fraction of sp³-hybridized carbons (Fsp3) is 0.389. The number of halogens is 1. The molecule has 25 heavy (non-hydrogen) atoms. The molecule has 1 unspecified atom stereocenters. The molecule has 1 aromatic carbocycles. The van der Waals surface area contributed by atoms with Crippen LogP contribution in [0.15, 0.2) is 30.6 Å². The second kappa shape index (κ2) is 7.80. The van der Waals surface area contributed by atoms with E-state index < -0.39 is 0 Å². The standard InChI is InChI=1S/C18H21ClN4O2/c1-25-16-5-4-14(19)7-15(16)17(24)13-3-2-6-23(11-13)10-12-8-21-18(20)22-9-12/h4-5,7-9,13H,2-3,6,10-11H2,1H3,(H2,20,21,22). The number of likely N-dealkylation sites (tertiary alicyclic amines) is 1. The third-order valence-electron chi connectivity index (χ3n) is 4.43. The Morgan fingerprint density at radius 3 is 2.88 bits per heavy atom. The summed E-state index contributed by atoms with van der Waals surface area (Å²) in [5.41, 5.74) is 7.06. The third kappa shape index (κ3) is 4.27. The first-order valence-electron chi connectivity index (χ1n) is 8.23. The molecule has 1 saturated heterocycles. The summed E-state index contributed by atoms with van der Waals surface area (Å²) in [4.78, 5) is 23.3. The van der Waals surface area contributed by atoms with E-state index in [1.165, 1.54) is 0 Å². The van der Waals surface area contributed by atoms with Gasteiger partial charge in [-0.15, -0.1) is 0 Å². The third-order valence-corrected chi connectivity index (χ3v) is 4.67. The first-order chi connectivity index (χ1) is 12.1. The topological polar surface area (TPSA) is 81.3 Å². The van der Waals surface area contributed by atoms with Crippen molar-refractivity contribution in [2.75, 3.05) is 25.9 Å². The Morgan fingerprint density at radius 2 is 2.16 bits per heavy atom. The average molecular weight is 361 g/mol. The predicted molar refractivity (Wildman–Crippen MR) is 96.8 cm³/mol. The van der Waals surface area contributed by atoms with Crippen molar-refractivity contribution < 1.29 is 9.53 Å². The number of piperidine rings is 1. The van der Waals surface area contributed by atoms with Crippen LogP contribution < -0.4 is 10.5 Å². The smallest absolute Gasteiger partial charge is 0.219 e. The molecule has 1 atom stereocenters. The van der Waals surface area contributed by atoms with Crippen molar-refractivity contribution in [3.05, 3.63) is 46.7 Å². The van der Waals surface area contributed by atoms with Gasteiger partial charge >= 0.3 is 0 Å². The van der Waals surface area contributed by atoms with E-state index in [9.17, 15) is 4.79 Å². The molecule has 0 saturated carbocycles. The molecule has 2 N–H and O–H groups in total. The highest BCUT2D eigenvalue weighted by molar-refractivity contribution is 6.31. The zero-order valence-corrected chi connectivity index (χ0v) is 14.9. The number of nitrogens with two attached hydrogens (primary N) is 1. The van der Waals surface area contributed by atoms with Gasteiger partial charge in [0.25, 0.3) is 0 Å². The lowest BCUT2D eigenvalue weighted by Crippen LogP contribution is -2.38. The zero-order chi connectivity index (χ0) is 17.8. The lowest BCUT2D eigenvalue weighted by molar-refractivity contribution is 0.0808. The van der Waals surface area contributed by atoms with Gasteiger partial charge in [-0.1, -0.05) is 11.6 Å². The molecule has 2 heterocycles. The molecule has 2 aromatic rings. The molecule has 0 bridgehead atoms. The van der Waals surface area contributed by atoms with Crippen LogP contribution in [0, 0.1) is 5.92 Å². The van der Waals surface area contributed by atoms with Crippen molar-refractivity contribution in [2.45, 2.75) is 19.4 Å². The van der Waals surface area contributed by atoms with Crippen molar-refractivity contribution in [3.8, 4) is 5.75 Å². The van der Waals surface area contributed by atoms with Crippen molar-refractivity contribution in [1.82, 2.24) is 14.9 Å². The van der Waals surface area contributed by atoms with Gasteiger partial charge in [0, 0.05) is 42.0 Å². The van der Waals surface area contributed by atoms with E-state index in [1.54, 1.807) is 37.7 Å². The number of anilines is 1. The van der Waals surface area contributed by atoms with Gasteiger partial charge in [0.1, 0.15) is 5.75 Å². The summed E-state index contributed by atoms with van der Waals surface area (Å²) in [6.45, 7) is 2.34. The minimum atomic E-state index is -0.0733. The van der Waals surface area contributed by atoms with Gasteiger partial charge in [-0.05, 0) is 37.6 Å². The van der Waals surface area contributed by atoms with E-state index in [0.29, 0.717) is 29.4 Å². The molecular formula is C18H21ClN4O2. The van der Waals surface area contributed by atoms with Crippen LogP contribution in [0.4, 0.5) is 5.95 Å². The number of Topliss-reactive ketones (excluding diaryl/α,β-unsaturated/α-hetero) is 1. The highest BCUT2D eigenvalue weighted by Gasteiger charge is 2.28. The van der Waals surface area contributed by atoms with Crippen molar-refractivity contribution in [1.29, 1.82) is 0 Å². The van der Waals surface area contributed by atoms with Gasteiger partial charge < -0.3 is 10.5 Å². The Labute approximate surface area is 152 Å². The maximum absolute atomic E-state index is 13.0. The van der Waals surface area contributed by atoms with Crippen LogP contribution in [-0.4, -0.2) is 40.9 Å². The van der Waals surface area contributed by atoms with Crippen LogP contribution in [0.3, 0.4) is 0 Å². The van der Waals surface area contributed by atoms with Gasteiger partial charge in [-0.25, -0.2) is 9.97 Å². The SMILES string of the molecule is COc1ccc(Cl)cc1C(=O)C1CCCN(Cc2cnc(N)nc2)C1. The van der Waals surface area contributed by atoms with Crippen LogP contribution in [0.2, 0.25) is 5.02 Å². The number of carbonyl (C=O) groups is 1. The highest BCUT2D eigenvalue weighted by atomic mass is 35.5. The number of nitrogens with zero attached hydrogens (tertiary/aromatic N) is 3. The normalized spacial score (nSPS) is 18.1. The molecular weight excluding hydrogens is 340 g/mol. The summed E-state index contributed by atoms with van der Waals surface area (Å²) in [5, 5.41) is 0.538. The maximum atomic E-state index is 13.0. The Hall–Kier alpha value is -2.18. The van der Waals surface area contributed by atoms with Crippen LogP contribution >= 0.6 is 11.6 Å². The van der Waals surface area contributed by atoms with E-state index in [1.807, 2.05) is 0 Å². The number of rotatable bonds is 5. The van der Waals surface area contributed by atoms with Crippen molar-refractivity contribution in [2.24, 2.45) is 5.92 Å². The summed E-state index contributed by atoms with van der Waals surface area (Å²) in [6, 6.07) is 5.16. The number of ketones is 1. The molecule has 7 heteroatoms. The minimum Gasteiger partial charge on any atom is -0.496 e. The Kier molecular flexibility index (Phi) is 5.50. The molecule has 0 amide bonds. The second-order valence-electron chi connectivity index (χ2n) is 6.23. The van der Waals surface area contributed by atoms with E-state index in [-0.39, 0.29) is 17.6 Å². The number of carbonyl (C=O) groups excluding carboxylic acids is 1. The molecule has 1 aromatic heterocycles. The number of aromatic nitrogens is 2.